The van der Waals surface area contributed by atoms with Crippen molar-refractivity contribution in [2.24, 2.45) is 0 Å². The lowest BCUT2D eigenvalue weighted by Crippen LogP contribution is -2.61. The number of benzene rings is 1. The van der Waals surface area contributed by atoms with Crippen molar-refractivity contribution in [3.63, 3.8) is 0 Å². The lowest BCUT2D eigenvalue weighted by atomic mass is 9.84. The molecule has 1 aromatic carbocycles. The van der Waals surface area contributed by atoms with Gasteiger partial charge in [-0.3, -0.25) is 9.69 Å². The number of aromatic nitrogens is 3. The number of nitrogens with zero attached hydrogens (tertiary/aromatic N) is 4. The first-order chi connectivity index (χ1) is 13.0. The number of nitrogens with one attached hydrogen (secondary N) is 1. The van der Waals surface area contributed by atoms with E-state index >= 15 is 0 Å². The van der Waals surface area contributed by atoms with Crippen LogP contribution in [0.1, 0.15) is 26.7 Å². The van der Waals surface area contributed by atoms with Gasteiger partial charge in [0.2, 0.25) is 0 Å². The fraction of sp³-hybridized carbons (Fsp3) is 0.368. The molecular formula is C19H19N5O2S. The van der Waals surface area contributed by atoms with Gasteiger partial charge in [-0.05, 0) is 38.8 Å². The Morgan fingerprint density at radius 2 is 2.11 bits per heavy atom. The molecule has 3 heterocycles. The van der Waals surface area contributed by atoms with Crippen LogP contribution in [0.4, 0.5) is 10.9 Å². The van der Waals surface area contributed by atoms with Gasteiger partial charge in [-0.1, -0.05) is 23.5 Å². The van der Waals surface area contributed by atoms with Crippen molar-refractivity contribution < 1.29 is 9.53 Å². The van der Waals surface area contributed by atoms with E-state index in [-0.39, 0.29) is 11.9 Å². The number of para-hydroxylation sites is 1. The first-order valence-corrected chi connectivity index (χ1v) is 9.78. The molecule has 0 atom stereocenters. The lowest BCUT2D eigenvalue weighted by molar-refractivity contribution is -0.133. The van der Waals surface area contributed by atoms with E-state index in [2.05, 4.69) is 26.3 Å². The standard InChI is InChI=1S/C19H19N5O2S/c1-19(2)17(25)24(16-14(26-19)9-20-10-21-16)12-7-11(8-12)22-18-23-13-5-3-4-6-15(13)27-18/h3-6,9-12H,7-8H2,1-2H3,(H,22,23)/t11-,12-. The second kappa shape index (κ2) is 5.88. The highest BCUT2D eigenvalue weighted by atomic mass is 32.1. The van der Waals surface area contributed by atoms with Crippen LogP contribution in [0.3, 0.4) is 0 Å². The second-order valence-electron chi connectivity index (χ2n) is 7.45. The summed E-state index contributed by atoms with van der Waals surface area (Å²) >= 11 is 1.66. The number of carbonyl (C=O) groups excluding carboxylic acids is 1. The third-order valence-electron chi connectivity index (χ3n) is 5.09. The predicted octanol–water partition coefficient (Wildman–Crippen LogP) is 3.23. The van der Waals surface area contributed by atoms with Gasteiger partial charge in [-0.15, -0.1) is 0 Å². The number of ether oxygens (including phenoxy) is 1. The van der Waals surface area contributed by atoms with Gasteiger partial charge in [0.25, 0.3) is 5.91 Å². The molecule has 0 unspecified atom stereocenters. The van der Waals surface area contributed by atoms with Crippen LogP contribution in [0.15, 0.2) is 36.8 Å². The minimum absolute atomic E-state index is 0.0582. The summed E-state index contributed by atoms with van der Waals surface area (Å²) in [4.78, 5) is 27.7. The molecule has 1 saturated carbocycles. The quantitative estimate of drug-likeness (QED) is 0.750. The molecule has 1 aliphatic carbocycles. The normalized spacial score (nSPS) is 23.5. The third kappa shape index (κ3) is 2.71. The Kier molecular flexibility index (Phi) is 3.58. The lowest BCUT2D eigenvalue weighted by Gasteiger charge is -2.47. The number of anilines is 2. The van der Waals surface area contributed by atoms with Crippen LogP contribution in [0.2, 0.25) is 0 Å². The summed E-state index contributed by atoms with van der Waals surface area (Å²) in [5.41, 5.74) is 0.0973. The summed E-state index contributed by atoms with van der Waals surface area (Å²) in [6.07, 6.45) is 4.78. The van der Waals surface area contributed by atoms with E-state index in [0.717, 1.165) is 23.5 Å². The SMILES string of the molecule is CC1(C)Oc2cncnc2N([C@H]2C[C@H](Nc3nc4ccccc4s3)C2)C1=O. The number of hydrogen-bond acceptors (Lipinski definition) is 7. The van der Waals surface area contributed by atoms with E-state index in [1.807, 2.05) is 18.2 Å². The summed E-state index contributed by atoms with van der Waals surface area (Å²) in [5.74, 6) is 1.07. The molecule has 2 aliphatic rings. The van der Waals surface area contributed by atoms with Gasteiger partial charge in [0.15, 0.2) is 22.3 Å². The van der Waals surface area contributed by atoms with Crippen LogP contribution in [-0.2, 0) is 4.79 Å². The van der Waals surface area contributed by atoms with Gasteiger partial charge < -0.3 is 10.1 Å². The highest BCUT2D eigenvalue weighted by molar-refractivity contribution is 7.22. The van der Waals surface area contributed by atoms with Crippen molar-refractivity contribution in [1.82, 2.24) is 15.0 Å². The number of hydrogen-bond donors (Lipinski definition) is 1. The Hall–Kier alpha value is -2.74. The van der Waals surface area contributed by atoms with Gasteiger partial charge in [0.05, 0.1) is 16.4 Å². The topological polar surface area (TPSA) is 80.2 Å². The summed E-state index contributed by atoms with van der Waals surface area (Å²) < 4.78 is 6.97. The Balaban J connectivity index is 1.33. The molecule has 0 spiro atoms. The van der Waals surface area contributed by atoms with Crippen LogP contribution in [0.5, 0.6) is 5.75 Å². The molecule has 1 N–H and O–H groups in total. The van der Waals surface area contributed by atoms with Gasteiger partial charge >= 0.3 is 0 Å². The zero-order valence-corrected chi connectivity index (χ0v) is 15.9. The molecule has 1 amide bonds. The maximum atomic E-state index is 12.9. The fourth-order valence-electron chi connectivity index (χ4n) is 3.63. The molecule has 27 heavy (non-hydrogen) atoms. The van der Waals surface area contributed by atoms with E-state index in [4.69, 9.17) is 4.74 Å². The first-order valence-electron chi connectivity index (χ1n) is 8.96. The van der Waals surface area contributed by atoms with Crippen molar-refractivity contribution in [1.29, 1.82) is 0 Å². The third-order valence-corrected chi connectivity index (χ3v) is 6.05. The van der Waals surface area contributed by atoms with E-state index in [1.165, 1.54) is 11.0 Å². The molecule has 1 fully saturated rings. The summed E-state index contributed by atoms with van der Waals surface area (Å²) in [6.45, 7) is 3.57. The molecule has 7 nitrogen and oxygen atoms in total. The largest absolute Gasteiger partial charge is 0.472 e. The summed E-state index contributed by atoms with van der Waals surface area (Å²) in [5, 5.41) is 4.43. The number of amides is 1. The van der Waals surface area contributed by atoms with E-state index in [1.54, 1.807) is 36.3 Å². The molecule has 2 aromatic heterocycles. The number of fused-ring (bicyclic) bond motifs is 2. The molecule has 1 aliphatic heterocycles. The van der Waals surface area contributed by atoms with Crippen LogP contribution >= 0.6 is 11.3 Å². The average Bonchev–Trinajstić information content (AvgIpc) is 3.02. The smallest absolute Gasteiger partial charge is 0.272 e. The number of carbonyl (C=O) groups is 1. The maximum absolute atomic E-state index is 12.9. The Labute approximate surface area is 160 Å². The van der Waals surface area contributed by atoms with E-state index in [9.17, 15) is 4.79 Å². The van der Waals surface area contributed by atoms with E-state index in [0.29, 0.717) is 17.6 Å². The van der Waals surface area contributed by atoms with Crippen molar-refractivity contribution in [2.45, 2.75) is 44.4 Å². The highest BCUT2D eigenvalue weighted by Crippen LogP contribution is 2.41. The Morgan fingerprint density at radius 1 is 1.30 bits per heavy atom. The molecule has 3 aromatic rings. The van der Waals surface area contributed by atoms with Gasteiger partial charge in [0.1, 0.15) is 6.33 Å². The fourth-order valence-corrected chi connectivity index (χ4v) is 4.57. The zero-order valence-electron chi connectivity index (χ0n) is 15.0. The molecule has 0 saturated heterocycles. The van der Waals surface area contributed by atoms with Crippen molar-refractivity contribution in [3.05, 3.63) is 36.8 Å². The zero-order chi connectivity index (χ0) is 18.6. The predicted molar refractivity (Wildman–Crippen MR) is 104 cm³/mol. The van der Waals surface area contributed by atoms with Crippen LogP contribution in [0.25, 0.3) is 10.2 Å². The van der Waals surface area contributed by atoms with Gasteiger partial charge in [0, 0.05) is 12.1 Å². The van der Waals surface area contributed by atoms with Crippen molar-refractivity contribution in [3.8, 4) is 5.75 Å². The molecule has 0 bridgehead atoms. The van der Waals surface area contributed by atoms with Crippen LogP contribution in [0, 0.1) is 0 Å². The summed E-state index contributed by atoms with van der Waals surface area (Å²) in [6, 6.07) is 8.50. The Morgan fingerprint density at radius 3 is 2.93 bits per heavy atom. The van der Waals surface area contributed by atoms with Crippen molar-refractivity contribution >= 4 is 38.4 Å². The average molecular weight is 381 g/mol. The van der Waals surface area contributed by atoms with Crippen molar-refractivity contribution in [2.75, 3.05) is 10.2 Å². The van der Waals surface area contributed by atoms with Gasteiger partial charge in [-0.25, -0.2) is 15.0 Å². The monoisotopic (exact) mass is 381 g/mol. The molecular weight excluding hydrogens is 362 g/mol. The number of thiazole rings is 1. The Bertz CT molecular complexity index is 995. The maximum Gasteiger partial charge on any atom is 0.272 e. The van der Waals surface area contributed by atoms with E-state index < -0.39 is 5.60 Å². The first kappa shape index (κ1) is 16.4. The number of rotatable bonds is 3. The second-order valence-corrected chi connectivity index (χ2v) is 8.48. The van der Waals surface area contributed by atoms with Crippen LogP contribution in [-0.4, -0.2) is 38.5 Å². The highest BCUT2D eigenvalue weighted by Gasteiger charge is 2.48. The molecule has 138 valence electrons. The van der Waals surface area contributed by atoms with Crippen LogP contribution < -0.4 is 15.0 Å². The molecule has 0 radical (unpaired) electrons. The molecule has 8 heteroatoms. The summed E-state index contributed by atoms with van der Waals surface area (Å²) in [7, 11) is 0. The van der Waals surface area contributed by atoms with Gasteiger partial charge in [-0.2, -0.15) is 0 Å². The molecule has 5 rings (SSSR count). The minimum Gasteiger partial charge on any atom is -0.472 e. The minimum atomic E-state index is -0.913.